The normalized spacial score (nSPS) is 18.3. The van der Waals surface area contributed by atoms with Gasteiger partial charge in [0, 0.05) is 47.8 Å². The summed E-state index contributed by atoms with van der Waals surface area (Å²) in [4.78, 5) is 133. The summed E-state index contributed by atoms with van der Waals surface area (Å²) < 4.78 is 38.2. The highest BCUT2D eigenvalue weighted by Crippen LogP contribution is 2.46. The van der Waals surface area contributed by atoms with E-state index in [9.17, 15) is 53.1 Å². The van der Waals surface area contributed by atoms with Gasteiger partial charge in [-0.2, -0.15) is 0 Å². The van der Waals surface area contributed by atoms with Crippen LogP contribution in [0.4, 0.5) is 9.18 Å². The zero-order valence-electron chi connectivity index (χ0n) is 43.2. The van der Waals surface area contributed by atoms with Gasteiger partial charge in [-0.15, -0.1) is 0 Å². The van der Waals surface area contributed by atoms with Gasteiger partial charge in [0.1, 0.15) is 31.8 Å². The third-order valence-corrected chi connectivity index (χ3v) is 14.2. The largest absolute Gasteiger partial charge is 0.458 e. The van der Waals surface area contributed by atoms with Gasteiger partial charge < -0.3 is 60.5 Å². The third-order valence-electron chi connectivity index (χ3n) is 14.2. The number of imide groups is 1. The van der Waals surface area contributed by atoms with Gasteiger partial charge >= 0.3 is 12.1 Å². The number of nitrogens with zero attached hydrogens (tertiary/aromatic N) is 3. The molecule has 0 saturated carbocycles. The lowest BCUT2D eigenvalue weighted by molar-refractivity contribution is -0.172. The van der Waals surface area contributed by atoms with E-state index in [1.54, 1.807) is 57.2 Å². The molecule has 8 rings (SSSR count). The van der Waals surface area contributed by atoms with E-state index in [2.05, 4.69) is 31.9 Å². The Balaban J connectivity index is 0.766. The lowest BCUT2D eigenvalue weighted by atomic mass is 9.81. The van der Waals surface area contributed by atoms with Gasteiger partial charge in [0.2, 0.25) is 41.4 Å². The van der Waals surface area contributed by atoms with Crippen molar-refractivity contribution in [2.75, 3.05) is 59.3 Å². The first-order valence-electron chi connectivity index (χ1n) is 25.5. The number of likely N-dealkylation sites (tertiary alicyclic amines) is 1. The fourth-order valence-electron chi connectivity index (χ4n) is 9.95. The van der Waals surface area contributed by atoms with Gasteiger partial charge in [0.15, 0.2) is 5.60 Å². The van der Waals surface area contributed by atoms with Crippen molar-refractivity contribution >= 4 is 64.3 Å². The van der Waals surface area contributed by atoms with E-state index < -0.39 is 90.3 Å². The highest BCUT2D eigenvalue weighted by molar-refractivity contribution is 6.03. The number of rotatable bonds is 23. The minimum atomic E-state index is -2.05. The van der Waals surface area contributed by atoms with Crippen LogP contribution in [0.5, 0.6) is 0 Å². The third kappa shape index (κ3) is 12.3. The summed E-state index contributed by atoms with van der Waals surface area (Å²) in [6, 6.07) is 9.80. The fraction of sp³-hybridized carbons (Fsp3) is 0.453. The number of halogens is 1. The molecule has 1 fully saturated rings. The number of benzene rings is 2. The number of aliphatic hydroxyl groups is 1. The first kappa shape index (κ1) is 56.1. The summed E-state index contributed by atoms with van der Waals surface area (Å²) in [6.45, 7) is 2.61. The molecule has 1 saturated heterocycles. The topological polar surface area (TPSA) is 321 Å². The molecule has 4 aliphatic rings. The molecular weight excluding hydrogens is 1020 g/mol. The van der Waals surface area contributed by atoms with Crippen LogP contribution < -0.4 is 37.5 Å². The summed E-state index contributed by atoms with van der Waals surface area (Å²) in [5.41, 5.74) is 1.83. The van der Waals surface area contributed by atoms with Gasteiger partial charge in [0.25, 0.3) is 5.56 Å². The van der Waals surface area contributed by atoms with Crippen molar-refractivity contribution in [1.29, 1.82) is 0 Å². The van der Waals surface area contributed by atoms with E-state index in [0.717, 1.165) is 10.5 Å². The number of cyclic esters (lactones) is 1. The lowest BCUT2D eigenvalue weighted by Crippen LogP contribution is -2.52. The van der Waals surface area contributed by atoms with E-state index >= 15 is 4.39 Å². The van der Waals surface area contributed by atoms with Crippen LogP contribution in [0.3, 0.4) is 0 Å². The molecule has 4 aromatic rings. The van der Waals surface area contributed by atoms with E-state index in [4.69, 9.17) is 23.9 Å². The van der Waals surface area contributed by atoms with Crippen molar-refractivity contribution < 1.29 is 71.6 Å². The number of ether oxygens (including phenoxy) is 4. The minimum Gasteiger partial charge on any atom is -0.458 e. The molecule has 7 N–H and O–H groups in total. The van der Waals surface area contributed by atoms with Crippen molar-refractivity contribution in [3.8, 4) is 11.4 Å². The highest BCUT2D eigenvalue weighted by Gasteiger charge is 2.46. The monoisotopic (exact) mass is 1080 g/mol. The Morgan fingerprint density at radius 3 is 2.36 bits per heavy atom. The standard InChI is InChI=1S/C53H60FN9O15/c1-4-53(74)34-20-39-47-32(25-63(39)50(71)33(34)26-78-51(53)72)46-36(11-10-31-29(3)35(54)21-37(60-47)45(31)46)61-52(73)77-17-16-76-27-58-42(66)23-57-48(69)38(19-30-8-6-5-7-9-30)59-43(67)24-56-41(65)22-55-40(64)12-14-75-15-13-62-44(68)18-28(2)49(62)70/h5-9,20-21,28,36,38,74H,4,10-19,22-27H2,1-3H3,(H,55,64)(H,56,65)(H,57,69)(H,58,66)(H,59,67)(H,61,73)/t28?,36-,38-,53-/m0/s1. The summed E-state index contributed by atoms with van der Waals surface area (Å²) in [5.74, 6) is -5.51. The van der Waals surface area contributed by atoms with E-state index in [1.165, 1.54) is 10.6 Å². The van der Waals surface area contributed by atoms with Gasteiger partial charge in [-0.25, -0.2) is 19.0 Å². The molecule has 414 valence electrons. The molecule has 2 aromatic heterocycles. The van der Waals surface area contributed by atoms with Gasteiger partial charge in [0.05, 0.1) is 81.1 Å². The second-order valence-electron chi connectivity index (χ2n) is 19.3. The Labute approximate surface area is 445 Å². The lowest BCUT2D eigenvalue weighted by Gasteiger charge is -2.31. The van der Waals surface area contributed by atoms with E-state index in [-0.39, 0.29) is 107 Å². The number of carbonyl (C=O) groups is 9. The predicted molar refractivity (Wildman–Crippen MR) is 271 cm³/mol. The number of hydrogen-bond acceptors (Lipinski definition) is 16. The zero-order chi connectivity index (χ0) is 55.8. The molecule has 1 unspecified atom stereocenters. The number of aryl methyl sites for hydroxylation is 1. The van der Waals surface area contributed by atoms with Crippen LogP contribution in [0.15, 0.2) is 47.3 Å². The summed E-state index contributed by atoms with van der Waals surface area (Å²) in [7, 11) is 0. The van der Waals surface area contributed by atoms with Crippen molar-refractivity contribution in [3.05, 3.63) is 97.6 Å². The number of alkyl carbamates (subject to hydrolysis) is 1. The molecule has 3 aliphatic heterocycles. The minimum absolute atomic E-state index is 0.0193. The Bertz CT molecular complexity index is 3130. The molecule has 24 nitrogen and oxygen atoms in total. The molecule has 0 bridgehead atoms. The average Bonchev–Trinajstić information content (AvgIpc) is 4.10. The first-order valence-corrected chi connectivity index (χ1v) is 25.5. The molecule has 0 radical (unpaired) electrons. The van der Waals surface area contributed by atoms with Crippen molar-refractivity contribution in [2.24, 2.45) is 5.92 Å². The Morgan fingerprint density at radius 1 is 0.885 bits per heavy atom. The molecule has 25 heteroatoms. The van der Waals surface area contributed by atoms with Gasteiger partial charge in [-0.3, -0.25) is 43.3 Å². The molecule has 2 aromatic carbocycles. The summed E-state index contributed by atoms with van der Waals surface area (Å²) in [6.07, 6.45) is -0.00270. The highest BCUT2D eigenvalue weighted by atomic mass is 19.1. The summed E-state index contributed by atoms with van der Waals surface area (Å²) >= 11 is 0. The van der Waals surface area contributed by atoms with E-state index in [1.807, 2.05) is 0 Å². The maximum absolute atomic E-state index is 15.3. The average molecular weight is 1080 g/mol. The number of hydrogen-bond donors (Lipinski definition) is 7. The van der Waals surface area contributed by atoms with Crippen LogP contribution in [-0.2, 0) is 88.9 Å². The van der Waals surface area contributed by atoms with Crippen LogP contribution in [0.1, 0.15) is 84.5 Å². The Kier molecular flexibility index (Phi) is 17.6. The second kappa shape index (κ2) is 24.4. The Morgan fingerprint density at radius 2 is 1.62 bits per heavy atom. The number of carbonyl (C=O) groups excluding carboxylic acids is 9. The number of esters is 1. The molecular formula is C53H60FN9O15. The van der Waals surface area contributed by atoms with Crippen LogP contribution in [0.2, 0.25) is 0 Å². The van der Waals surface area contributed by atoms with E-state index in [0.29, 0.717) is 57.4 Å². The SMILES string of the molecule is CC[C@@]1(O)C(=O)OCc2c1cc1n(c2=O)Cc2c-1nc1cc(F)c(C)c3c1c2[C@@H](NC(=O)OCCOCNC(=O)CNC(=O)[C@H](Cc1ccccc1)NC(=O)CNC(=O)CNC(=O)CCOCCN1C(=O)CC(C)C1=O)CC3. The van der Waals surface area contributed by atoms with Crippen LogP contribution in [0.25, 0.3) is 22.3 Å². The maximum Gasteiger partial charge on any atom is 0.407 e. The maximum atomic E-state index is 15.3. The van der Waals surface area contributed by atoms with Crippen molar-refractivity contribution in [2.45, 2.75) is 90.1 Å². The number of pyridine rings is 2. The molecule has 0 spiro atoms. The molecule has 78 heavy (non-hydrogen) atoms. The quantitative estimate of drug-likeness (QED) is 0.0199. The number of fused-ring (bicyclic) bond motifs is 5. The molecule has 5 heterocycles. The number of nitrogens with one attached hydrogen (secondary N) is 6. The van der Waals surface area contributed by atoms with Crippen molar-refractivity contribution in [3.63, 3.8) is 0 Å². The Hall–Kier alpha value is -8.16. The fourth-order valence-corrected chi connectivity index (χ4v) is 9.95. The molecule has 8 amide bonds. The summed E-state index contributed by atoms with van der Waals surface area (Å²) in [5, 5.41) is 27.2. The smallest absolute Gasteiger partial charge is 0.407 e. The van der Waals surface area contributed by atoms with Crippen LogP contribution in [-0.4, -0.2) is 138 Å². The molecule has 4 atom stereocenters. The number of aromatic nitrogens is 2. The zero-order valence-corrected chi connectivity index (χ0v) is 43.2. The van der Waals surface area contributed by atoms with Crippen molar-refractivity contribution in [1.82, 2.24) is 46.4 Å². The molecule has 1 aliphatic carbocycles. The van der Waals surface area contributed by atoms with Crippen LogP contribution >= 0.6 is 0 Å². The first-order chi connectivity index (χ1) is 37.4. The second-order valence-corrected chi connectivity index (χ2v) is 19.3. The van der Waals surface area contributed by atoms with Crippen LogP contribution in [0, 0.1) is 18.7 Å². The number of amides is 8. The van der Waals surface area contributed by atoms with Gasteiger partial charge in [-0.05, 0) is 54.5 Å². The predicted octanol–water partition coefficient (Wildman–Crippen LogP) is 0.209. The van der Waals surface area contributed by atoms with Gasteiger partial charge in [-0.1, -0.05) is 44.2 Å².